The van der Waals surface area contributed by atoms with Crippen LogP contribution < -0.4 is 10.5 Å². The lowest BCUT2D eigenvalue weighted by Crippen LogP contribution is -2.49. The Balaban J connectivity index is 1.71. The van der Waals surface area contributed by atoms with E-state index in [2.05, 4.69) is 0 Å². The summed E-state index contributed by atoms with van der Waals surface area (Å²) in [6.45, 7) is 2.72. The fraction of sp³-hybridized carbons (Fsp3) is 0.571. The quantitative estimate of drug-likeness (QED) is 0.874. The van der Waals surface area contributed by atoms with Gasteiger partial charge in [-0.25, -0.2) is 4.39 Å². The van der Waals surface area contributed by atoms with E-state index in [-0.39, 0.29) is 23.6 Å². The van der Waals surface area contributed by atoms with E-state index in [0.29, 0.717) is 6.61 Å². The average Bonchev–Trinajstić information content (AvgIpc) is 2.83. The van der Waals surface area contributed by atoms with Crippen LogP contribution in [-0.2, 0) is 11.2 Å². The third kappa shape index (κ3) is 1.99. The normalized spacial score (nSPS) is 34.4. The van der Waals surface area contributed by atoms with Gasteiger partial charge in [0.15, 0.2) is 0 Å². The van der Waals surface area contributed by atoms with Crippen molar-refractivity contribution in [1.29, 1.82) is 0 Å². The maximum atomic E-state index is 13.1. The van der Waals surface area contributed by atoms with Crippen LogP contribution in [-0.4, -0.2) is 24.4 Å². The Morgan fingerprint density at radius 1 is 1.50 bits per heavy atom. The van der Waals surface area contributed by atoms with Crippen LogP contribution in [0.2, 0.25) is 0 Å². The first-order valence-corrected chi connectivity index (χ1v) is 6.42. The molecule has 0 aliphatic carbocycles. The molecule has 2 aliphatic rings. The molecule has 0 bridgehead atoms. The van der Waals surface area contributed by atoms with Crippen LogP contribution >= 0.6 is 0 Å². The summed E-state index contributed by atoms with van der Waals surface area (Å²) < 4.78 is 24.5. The van der Waals surface area contributed by atoms with Crippen LogP contribution in [0.1, 0.15) is 25.3 Å². The van der Waals surface area contributed by atoms with E-state index >= 15 is 0 Å². The molecule has 3 unspecified atom stereocenters. The van der Waals surface area contributed by atoms with Crippen LogP contribution in [0.3, 0.4) is 0 Å². The molecule has 1 aromatic rings. The minimum absolute atomic E-state index is 0.0379. The summed E-state index contributed by atoms with van der Waals surface area (Å²) in [5.74, 6) is 0.578. The second-order valence-electron chi connectivity index (χ2n) is 5.40. The van der Waals surface area contributed by atoms with Crippen LogP contribution in [0.25, 0.3) is 0 Å². The molecular formula is C14H18FNO2. The minimum atomic E-state index is -0.314. The van der Waals surface area contributed by atoms with Gasteiger partial charge in [0.05, 0.1) is 6.10 Å². The molecule has 1 saturated heterocycles. The Hall–Kier alpha value is -1.13. The highest BCUT2D eigenvalue weighted by atomic mass is 19.1. The minimum Gasteiger partial charge on any atom is -0.490 e. The lowest BCUT2D eigenvalue weighted by atomic mass is 9.86. The lowest BCUT2D eigenvalue weighted by molar-refractivity contribution is 0.0769. The molecule has 1 fully saturated rings. The Kier molecular flexibility index (Phi) is 2.79. The van der Waals surface area contributed by atoms with E-state index in [1.54, 1.807) is 12.1 Å². The summed E-state index contributed by atoms with van der Waals surface area (Å²) in [5, 5.41) is 0. The van der Waals surface area contributed by atoms with Gasteiger partial charge in [-0.15, -0.1) is 0 Å². The van der Waals surface area contributed by atoms with Crippen molar-refractivity contribution in [3.05, 3.63) is 29.6 Å². The molecule has 3 atom stereocenters. The van der Waals surface area contributed by atoms with Gasteiger partial charge in [0.25, 0.3) is 0 Å². The molecule has 3 nitrogen and oxygen atoms in total. The van der Waals surface area contributed by atoms with Gasteiger partial charge in [-0.05, 0) is 31.5 Å². The van der Waals surface area contributed by atoms with Crippen molar-refractivity contribution in [3.63, 3.8) is 0 Å². The van der Waals surface area contributed by atoms with Crippen molar-refractivity contribution in [2.75, 3.05) is 6.61 Å². The number of ether oxygens (including phenoxy) is 2. The first kappa shape index (κ1) is 11.9. The Morgan fingerprint density at radius 3 is 3.06 bits per heavy atom. The summed E-state index contributed by atoms with van der Waals surface area (Å²) in [5.41, 5.74) is 6.99. The number of fused-ring (bicyclic) bond motifs is 1. The summed E-state index contributed by atoms with van der Waals surface area (Å²) in [6.07, 6.45) is 2.44. The third-order valence-electron chi connectivity index (χ3n) is 4.12. The second-order valence-corrected chi connectivity index (χ2v) is 5.40. The van der Waals surface area contributed by atoms with Gasteiger partial charge < -0.3 is 15.2 Å². The average molecular weight is 251 g/mol. The summed E-state index contributed by atoms with van der Waals surface area (Å²) >= 11 is 0. The molecule has 2 aliphatic heterocycles. The molecule has 3 rings (SSSR count). The van der Waals surface area contributed by atoms with Gasteiger partial charge in [-0.2, -0.15) is 0 Å². The fourth-order valence-electron chi connectivity index (χ4n) is 2.89. The fourth-order valence-corrected chi connectivity index (χ4v) is 2.89. The highest BCUT2D eigenvalue weighted by Gasteiger charge is 2.41. The summed E-state index contributed by atoms with van der Waals surface area (Å²) in [4.78, 5) is 0. The first-order valence-electron chi connectivity index (χ1n) is 6.42. The van der Waals surface area contributed by atoms with Crippen molar-refractivity contribution in [2.24, 2.45) is 5.73 Å². The van der Waals surface area contributed by atoms with E-state index in [1.165, 1.54) is 6.07 Å². The monoisotopic (exact) mass is 251 g/mol. The number of nitrogens with two attached hydrogens (primary N) is 1. The SMILES string of the molecule is CC1OCCC1(N)CC1Cc2cc(F)ccc2O1. The zero-order chi connectivity index (χ0) is 12.8. The Morgan fingerprint density at radius 2 is 2.33 bits per heavy atom. The van der Waals surface area contributed by atoms with Crippen LogP contribution in [0, 0.1) is 5.82 Å². The predicted molar refractivity (Wildman–Crippen MR) is 66.1 cm³/mol. The zero-order valence-corrected chi connectivity index (χ0v) is 10.5. The number of hydrogen-bond acceptors (Lipinski definition) is 3. The molecular weight excluding hydrogens is 233 g/mol. The van der Waals surface area contributed by atoms with E-state index < -0.39 is 0 Å². The third-order valence-corrected chi connectivity index (χ3v) is 4.12. The maximum absolute atomic E-state index is 13.1. The van der Waals surface area contributed by atoms with Gasteiger partial charge in [0.1, 0.15) is 17.7 Å². The standard InChI is InChI=1S/C14H18FNO2/c1-9-14(16,4-5-17-9)8-12-7-10-6-11(15)2-3-13(10)18-12/h2-3,6,9,12H,4-5,7-8,16H2,1H3. The molecule has 0 aromatic heterocycles. The van der Waals surface area contributed by atoms with Gasteiger partial charge >= 0.3 is 0 Å². The first-order chi connectivity index (χ1) is 8.57. The number of benzene rings is 1. The molecule has 1 aromatic carbocycles. The van der Waals surface area contributed by atoms with E-state index in [9.17, 15) is 4.39 Å². The van der Waals surface area contributed by atoms with Crippen molar-refractivity contribution < 1.29 is 13.9 Å². The predicted octanol–water partition coefficient (Wildman–Crippen LogP) is 2.03. The van der Waals surface area contributed by atoms with Crippen molar-refractivity contribution >= 4 is 0 Å². The molecule has 0 spiro atoms. The number of rotatable bonds is 2. The van der Waals surface area contributed by atoms with Crippen LogP contribution in [0.5, 0.6) is 5.75 Å². The smallest absolute Gasteiger partial charge is 0.123 e. The highest BCUT2D eigenvalue weighted by Crippen LogP contribution is 2.35. The molecule has 2 N–H and O–H groups in total. The summed E-state index contributed by atoms with van der Waals surface area (Å²) in [7, 11) is 0. The Labute approximate surface area is 106 Å². The largest absolute Gasteiger partial charge is 0.490 e. The highest BCUT2D eigenvalue weighted by molar-refractivity contribution is 5.38. The van der Waals surface area contributed by atoms with Crippen molar-refractivity contribution in [3.8, 4) is 5.75 Å². The molecule has 0 saturated carbocycles. The maximum Gasteiger partial charge on any atom is 0.123 e. The van der Waals surface area contributed by atoms with Crippen molar-refractivity contribution in [2.45, 2.75) is 43.9 Å². The van der Waals surface area contributed by atoms with Gasteiger partial charge in [-0.1, -0.05) is 0 Å². The second kappa shape index (κ2) is 4.21. The number of halogens is 1. The zero-order valence-electron chi connectivity index (χ0n) is 10.5. The molecule has 4 heteroatoms. The molecule has 18 heavy (non-hydrogen) atoms. The van der Waals surface area contributed by atoms with Gasteiger partial charge in [0, 0.05) is 30.6 Å². The van der Waals surface area contributed by atoms with Gasteiger partial charge in [0.2, 0.25) is 0 Å². The molecule has 0 radical (unpaired) electrons. The van der Waals surface area contributed by atoms with E-state index in [4.69, 9.17) is 15.2 Å². The van der Waals surface area contributed by atoms with E-state index in [1.807, 2.05) is 6.92 Å². The topological polar surface area (TPSA) is 44.5 Å². The van der Waals surface area contributed by atoms with Crippen molar-refractivity contribution in [1.82, 2.24) is 0 Å². The lowest BCUT2D eigenvalue weighted by Gasteiger charge is -2.29. The summed E-state index contributed by atoms with van der Waals surface area (Å²) in [6, 6.07) is 4.68. The van der Waals surface area contributed by atoms with Crippen LogP contribution in [0.15, 0.2) is 18.2 Å². The molecule has 2 heterocycles. The van der Waals surface area contributed by atoms with Gasteiger partial charge in [-0.3, -0.25) is 0 Å². The number of hydrogen-bond donors (Lipinski definition) is 1. The van der Waals surface area contributed by atoms with Crippen LogP contribution in [0.4, 0.5) is 4.39 Å². The molecule has 0 amide bonds. The van der Waals surface area contributed by atoms with E-state index in [0.717, 1.165) is 30.6 Å². The molecule has 98 valence electrons. The Bertz CT molecular complexity index is 465.